The summed E-state index contributed by atoms with van der Waals surface area (Å²) < 4.78 is 0. The number of amides is 1. The second-order valence-corrected chi connectivity index (χ2v) is 7.01. The van der Waals surface area contributed by atoms with Gasteiger partial charge in [-0.2, -0.15) is 5.26 Å². The number of nitrogens with one attached hydrogen (secondary N) is 1. The SMILES string of the molecule is N#Cc1cccc(-c2cccc([C@@H]3SCC[C@H](CN)NC3=O)c2)c1. The lowest BCUT2D eigenvalue weighted by molar-refractivity contribution is -0.121. The number of carbonyl (C=O) groups is 1. The van der Waals surface area contributed by atoms with Crippen LogP contribution in [0, 0.1) is 11.3 Å². The molecule has 1 aliphatic rings. The predicted octanol–water partition coefficient (Wildman–Crippen LogP) is 2.85. The van der Waals surface area contributed by atoms with E-state index in [-0.39, 0.29) is 17.2 Å². The van der Waals surface area contributed by atoms with E-state index in [1.807, 2.05) is 42.5 Å². The van der Waals surface area contributed by atoms with Crippen molar-refractivity contribution in [3.05, 3.63) is 59.7 Å². The number of carbonyl (C=O) groups excluding carboxylic acids is 1. The summed E-state index contributed by atoms with van der Waals surface area (Å²) in [6.45, 7) is 0.472. The third-order valence-electron chi connectivity index (χ3n) is 4.13. The summed E-state index contributed by atoms with van der Waals surface area (Å²) in [6, 6.07) is 17.7. The topological polar surface area (TPSA) is 78.9 Å². The average molecular weight is 337 g/mol. The molecule has 2 atom stereocenters. The number of hydrogen-bond acceptors (Lipinski definition) is 4. The van der Waals surface area contributed by atoms with Crippen molar-refractivity contribution in [2.45, 2.75) is 17.7 Å². The summed E-state index contributed by atoms with van der Waals surface area (Å²) in [6.07, 6.45) is 0.896. The lowest BCUT2D eigenvalue weighted by atomic mass is 10.00. The van der Waals surface area contributed by atoms with E-state index in [0.717, 1.165) is 28.9 Å². The van der Waals surface area contributed by atoms with Crippen LogP contribution in [0.2, 0.25) is 0 Å². The second-order valence-electron chi connectivity index (χ2n) is 5.80. The molecule has 1 heterocycles. The zero-order valence-corrected chi connectivity index (χ0v) is 14.1. The van der Waals surface area contributed by atoms with Crippen molar-refractivity contribution < 1.29 is 4.79 Å². The number of benzene rings is 2. The van der Waals surface area contributed by atoms with Crippen molar-refractivity contribution >= 4 is 17.7 Å². The molecule has 0 aromatic heterocycles. The molecule has 1 aliphatic heterocycles. The van der Waals surface area contributed by atoms with Crippen LogP contribution in [0.25, 0.3) is 11.1 Å². The van der Waals surface area contributed by atoms with E-state index in [1.54, 1.807) is 17.8 Å². The Morgan fingerprint density at radius 1 is 1.21 bits per heavy atom. The van der Waals surface area contributed by atoms with Gasteiger partial charge < -0.3 is 11.1 Å². The largest absolute Gasteiger partial charge is 0.351 e. The van der Waals surface area contributed by atoms with Gasteiger partial charge in [0.05, 0.1) is 11.6 Å². The van der Waals surface area contributed by atoms with Crippen molar-refractivity contribution in [3.8, 4) is 17.2 Å². The van der Waals surface area contributed by atoms with Gasteiger partial charge in [0.15, 0.2) is 0 Å². The molecule has 0 aliphatic carbocycles. The highest BCUT2D eigenvalue weighted by molar-refractivity contribution is 8.00. The minimum atomic E-state index is -0.222. The van der Waals surface area contributed by atoms with Gasteiger partial charge in [-0.05, 0) is 47.1 Å². The van der Waals surface area contributed by atoms with E-state index in [1.165, 1.54) is 0 Å². The average Bonchev–Trinajstić information content (AvgIpc) is 2.83. The van der Waals surface area contributed by atoms with Gasteiger partial charge in [0.25, 0.3) is 0 Å². The fraction of sp³-hybridized carbons (Fsp3) is 0.263. The van der Waals surface area contributed by atoms with Crippen LogP contribution in [-0.4, -0.2) is 24.2 Å². The van der Waals surface area contributed by atoms with Crippen LogP contribution >= 0.6 is 11.8 Å². The van der Waals surface area contributed by atoms with Gasteiger partial charge >= 0.3 is 0 Å². The highest BCUT2D eigenvalue weighted by atomic mass is 32.2. The molecule has 2 aromatic rings. The molecule has 0 bridgehead atoms. The van der Waals surface area contributed by atoms with Gasteiger partial charge in [0, 0.05) is 12.6 Å². The zero-order valence-electron chi connectivity index (χ0n) is 13.2. The molecule has 0 unspecified atom stereocenters. The monoisotopic (exact) mass is 337 g/mol. The van der Waals surface area contributed by atoms with Crippen LogP contribution in [0.5, 0.6) is 0 Å². The van der Waals surface area contributed by atoms with E-state index in [9.17, 15) is 4.79 Å². The summed E-state index contributed by atoms with van der Waals surface area (Å²) in [5.74, 6) is 0.926. The summed E-state index contributed by atoms with van der Waals surface area (Å²) >= 11 is 1.66. The van der Waals surface area contributed by atoms with Crippen molar-refractivity contribution in [1.82, 2.24) is 5.32 Å². The Hall–Kier alpha value is -2.29. The summed E-state index contributed by atoms with van der Waals surface area (Å²) in [5, 5.41) is 11.9. The molecule has 3 N–H and O–H groups in total. The first-order valence-electron chi connectivity index (χ1n) is 7.94. The highest BCUT2D eigenvalue weighted by Crippen LogP contribution is 2.34. The number of hydrogen-bond donors (Lipinski definition) is 2. The highest BCUT2D eigenvalue weighted by Gasteiger charge is 2.26. The van der Waals surface area contributed by atoms with Crippen molar-refractivity contribution in [1.29, 1.82) is 5.26 Å². The number of thioether (sulfide) groups is 1. The first-order valence-corrected chi connectivity index (χ1v) is 8.98. The van der Waals surface area contributed by atoms with Crippen LogP contribution in [0.1, 0.15) is 22.8 Å². The molecular formula is C19H19N3OS. The third kappa shape index (κ3) is 3.61. The molecule has 0 spiro atoms. The van der Waals surface area contributed by atoms with Crippen molar-refractivity contribution in [3.63, 3.8) is 0 Å². The van der Waals surface area contributed by atoms with Crippen LogP contribution in [0.4, 0.5) is 0 Å². The van der Waals surface area contributed by atoms with Gasteiger partial charge in [0.2, 0.25) is 5.91 Å². The van der Waals surface area contributed by atoms with Gasteiger partial charge in [-0.3, -0.25) is 4.79 Å². The molecule has 2 aromatic carbocycles. The van der Waals surface area contributed by atoms with Gasteiger partial charge in [-0.25, -0.2) is 0 Å². The standard InChI is InChI=1S/C19H19N3OS/c20-11-13-3-1-4-14(9-13)15-5-2-6-16(10-15)18-19(23)22-17(12-21)7-8-24-18/h1-6,9-10,17-18H,7-8,12,21H2,(H,22,23)/t17-,18+/m1/s1. The summed E-state index contributed by atoms with van der Waals surface area (Å²) in [4.78, 5) is 12.5. The Morgan fingerprint density at radius 2 is 1.96 bits per heavy atom. The Bertz CT molecular complexity index is 784. The Morgan fingerprint density at radius 3 is 2.71 bits per heavy atom. The molecule has 1 saturated heterocycles. The van der Waals surface area contributed by atoms with E-state index in [0.29, 0.717) is 12.1 Å². The van der Waals surface area contributed by atoms with Crippen LogP contribution in [0.15, 0.2) is 48.5 Å². The summed E-state index contributed by atoms with van der Waals surface area (Å²) in [7, 11) is 0. The van der Waals surface area contributed by atoms with E-state index >= 15 is 0 Å². The molecule has 122 valence electrons. The van der Waals surface area contributed by atoms with E-state index in [2.05, 4.69) is 11.4 Å². The minimum absolute atomic E-state index is 0.0240. The smallest absolute Gasteiger partial charge is 0.237 e. The van der Waals surface area contributed by atoms with Gasteiger partial charge in [0.1, 0.15) is 5.25 Å². The summed E-state index contributed by atoms with van der Waals surface area (Å²) in [5.41, 5.74) is 9.30. The first kappa shape index (κ1) is 16.6. The molecular weight excluding hydrogens is 318 g/mol. The maximum absolute atomic E-state index is 12.5. The van der Waals surface area contributed by atoms with Crippen LogP contribution in [-0.2, 0) is 4.79 Å². The lowest BCUT2D eigenvalue weighted by Gasteiger charge is -2.16. The quantitative estimate of drug-likeness (QED) is 0.903. The first-order chi connectivity index (χ1) is 11.7. The number of rotatable bonds is 3. The third-order valence-corrected chi connectivity index (χ3v) is 5.43. The maximum Gasteiger partial charge on any atom is 0.237 e. The molecule has 24 heavy (non-hydrogen) atoms. The minimum Gasteiger partial charge on any atom is -0.351 e. The van der Waals surface area contributed by atoms with E-state index in [4.69, 9.17) is 11.0 Å². The maximum atomic E-state index is 12.5. The number of nitriles is 1. The fourth-order valence-electron chi connectivity index (χ4n) is 2.83. The molecule has 0 radical (unpaired) electrons. The molecule has 5 heteroatoms. The lowest BCUT2D eigenvalue weighted by Crippen LogP contribution is -2.40. The van der Waals surface area contributed by atoms with Gasteiger partial charge in [-0.15, -0.1) is 11.8 Å². The Kier molecular flexibility index (Phi) is 5.19. The fourth-order valence-corrected chi connectivity index (χ4v) is 4.04. The molecule has 0 saturated carbocycles. The zero-order chi connectivity index (χ0) is 16.9. The number of nitrogens with two attached hydrogens (primary N) is 1. The van der Waals surface area contributed by atoms with Gasteiger partial charge in [-0.1, -0.05) is 30.3 Å². The molecule has 3 rings (SSSR count). The molecule has 4 nitrogen and oxygen atoms in total. The number of nitrogens with zero attached hydrogens (tertiary/aromatic N) is 1. The van der Waals surface area contributed by atoms with Crippen molar-refractivity contribution in [2.24, 2.45) is 5.73 Å². The molecule has 1 fully saturated rings. The predicted molar refractivity (Wildman–Crippen MR) is 97.4 cm³/mol. The Labute approximate surface area is 146 Å². The second kappa shape index (κ2) is 7.52. The van der Waals surface area contributed by atoms with Crippen LogP contribution < -0.4 is 11.1 Å². The van der Waals surface area contributed by atoms with E-state index < -0.39 is 0 Å². The van der Waals surface area contributed by atoms with Crippen molar-refractivity contribution in [2.75, 3.05) is 12.3 Å². The Balaban J connectivity index is 1.90. The molecule has 1 amide bonds. The van der Waals surface area contributed by atoms with Crippen LogP contribution in [0.3, 0.4) is 0 Å². The normalized spacial score (nSPS) is 20.8.